The Morgan fingerprint density at radius 1 is 1.29 bits per heavy atom. The molecule has 1 aromatic carbocycles. The van der Waals surface area contributed by atoms with Crippen LogP contribution >= 0.6 is 24.0 Å². The standard InChI is InChI=1S/C19H30N4.HI/c1-15-6-4-5-7-17(15)14-22(3)19(20-2)21-12-16-10-11-23(13-16)18-8-9-18;/h4-7,16,18H,8-14H2,1-3H3,(H,20,21);1H. The van der Waals surface area contributed by atoms with E-state index in [1.54, 1.807) is 0 Å². The van der Waals surface area contributed by atoms with Gasteiger partial charge in [-0.25, -0.2) is 0 Å². The maximum atomic E-state index is 4.46. The van der Waals surface area contributed by atoms with Crippen LogP contribution in [0.1, 0.15) is 30.4 Å². The minimum atomic E-state index is 0. The third-order valence-electron chi connectivity index (χ3n) is 5.17. The van der Waals surface area contributed by atoms with Gasteiger partial charge in [0.1, 0.15) is 0 Å². The topological polar surface area (TPSA) is 30.9 Å². The van der Waals surface area contributed by atoms with E-state index in [0.717, 1.165) is 31.0 Å². The fourth-order valence-electron chi connectivity index (χ4n) is 3.54. The second kappa shape index (κ2) is 9.04. The Hall–Kier alpha value is -0.820. The van der Waals surface area contributed by atoms with Crippen LogP contribution in [0, 0.1) is 12.8 Å². The summed E-state index contributed by atoms with van der Waals surface area (Å²) in [6.07, 6.45) is 4.16. The van der Waals surface area contributed by atoms with Gasteiger partial charge in [0.2, 0.25) is 0 Å². The number of halogens is 1. The van der Waals surface area contributed by atoms with Crippen molar-refractivity contribution in [3.05, 3.63) is 35.4 Å². The molecule has 3 rings (SSSR count). The molecule has 1 saturated carbocycles. The van der Waals surface area contributed by atoms with E-state index in [1.165, 1.54) is 43.5 Å². The molecule has 0 spiro atoms. The van der Waals surface area contributed by atoms with Crippen LogP contribution in [0.3, 0.4) is 0 Å². The zero-order valence-electron chi connectivity index (χ0n) is 15.2. The minimum absolute atomic E-state index is 0. The van der Waals surface area contributed by atoms with Gasteiger partial charge in [0.15, 0.2) is 5.96 Å². The van der Waals surface area contributed by atoms with Crippen molar-refractivity contribution < 1.29 is 0 Å². The number of nitrogens with one attached hydrogen (secondary N) is 1. The Bertz CT molecular complexity index is 556. The van der Waals surface area contributed by atoms with Gasteiger partial charge in [0.25, 0.3) is 0 Å². The Labute approximate surface area is 163 Å². The van der Waals surface area contributed by atoms with Crippen molar-refractivity contribution in [1.82, 2.24) is 15.1 Å². The largest absolute Gasteiger partial charge is 0.356 e. The highest BCUT2D eigenvalue weighted by Gasteiger charge is 2.34. The van der Waals surface area contributed by atoms with Crippen molar-refractivity contribution in [1.29, 1.82) is 0 Å². The number of guanidine groups is 1. The number of hydrogen-bond donors (Lipinski definition) is 1. The molecule has 2 fully saturated rings. The molecule has 24 heavy (non-hydrogen) atoms. The molecule has 1 heterocycles. The van der Waals surface area contributed by atoms with Crippen molar-refractivity contribution >= 4 is 29.9 Å². The highest BCUT2D eigenvalue weighted by molar-refractivity contribution is 14.0. The zero-order valence-corrected chi connectivity index (χ0v) is 17.5. The average molecular weight is 442 g/mol. The lowest BCUT2D eigenvalue weighted by Gasteiger charge is -2.24. The number of hydrogen-bond acceptors (Lipinski definition) is 2. The Balaban J connectivity index is 0.00000208. The quantitative estimate of drug-likeness (QED) is 0.432. The van der Waals surface area contributed by atoms with Crippen molar-refractivity contribution in [3.8, 4) is 0 Å². The van der Waals surface area contributed by atoms with Crippen LogP contribution in [-0.4, -0.2) is 55.5 Å². The van der Waals surface area contributed by atoms with Crippen molar-refractivity contribution in [2.75, 3.05) is 33.7 Å². The number of rotatable bonds is 5. The fraction of sp³-hybridized carbons (Fsp3) is 0.632. The third kappa shape index (κ3) is 5.09. The summed E-state index contributed by atoms with van der Waals surface area (Å²) >= 11 is 0. The van der Waals surface area contributed by atoms with E-state index in [2.05, 4.69) is 58.3 Å². The second-order valence-electron chi connectivity index (χ2n) is 7.09. The molecule has 134 valence electrons. The number of aliphatic imine (C=N–C) groups is 1. The van der Waals surface area contributed by atoms with Gasteiger partial charge in [-0.2, -0.15) is 0 Å². The monoisotopic (exact) mass is 442 g/mol. The summed E-state index contributed by atoms with van der Waals surface area (Å²) in [6, 6.07) is 9.48. The molecule has 0 radical (unpaired) electrons. The van der Waals surface area contributed by atoms with Gasteiger partial charge in [-0.3, -0.25) is 4.99 Å². The van der Waals surface area contributed by atoms with Gasteiger partial charge in [-0.05, 0) is 49.8 Å². The number of likely N-dealkylation sites (tertiary alicyclic amines) is 1. The van der Waals surface area contributed by atoms with Crippen LogP contribution < -0.4 is 5.32 Å². The van der Waals surface area contributed by atoms with Crippen LogP contribution in [0.15, 0.2) is 29.3 Å². The molecular weight excluding hydrogens is 411 g/mol. The van der Waals surface area contributed by atoms with E-state index < -0.39 is 0 Å². The molecule has 5 heteroatoms. The molecule has 1 saturated heterocycles. The van der Waals surface area contributed by atoms with E-state index in [1.807, 2.05) is 7.05 Å². The summed E-state index contributed by atoms with van der Waals surface area (Å²) in [5.41, 5.74) is 2.70. The molecule has 0 bridgehead atoms. The van der Waals surface area contributed by atoms with Gasteiger partial charge in [-0.15, -0.1) is 24.0 Å². The lowest BCUT2D eigenvalue weighted by Crippen LogP contribution is -2.41. The van der Waals surface area contributed by atoms with E-state index in [-0.39, 0.29) is 24.0 Å². The first-order valence-electron chi connectivity index (χ1n) is 8.87. The molecule has 1 aliphatic carbocycles. The maximum Gasteiger partial charge on any atom is 0.193 e. The van der Waals surface area contributed by atoms with Crippen LogP contribution in [0.2, 0.25) is 0 Å². The zero-order chi connectivity index (χ0) is 16.2. The van der Waals surface area contributed by atoms with E-state index in [0.29, 0.717) is 0 Å². The molecule has 1 aromatic rings. The van der Waals surface area contributed by atoms with Crippen LogP contribution in [-0.2, 0) is 6.54 Å². The normalized spacial score (nSPS) is 21.5. The highest BCUT2D eigenvalue weighted by Crippen LogP contribution is 2.31. The van der Waals surface area contributed by atoms with Crippen molar-refractivity contribution in [2.45, 2.75) is 38.8 Å². The Morgan fingerprint density at radius 2 is 2.04 bits per heavy atom. The molecule has 1 aliphatic heterocycles. The second-order valence-corrected chi connectivity index (χ2v) is 7.09. The molecule has 0 aromatic heterocycles. The maximum absolute atomic E-state index is 4.46. The van der Waals surface area contributed by atoms with Crippen molar-refractivity contribution in [3.63, 3.8) is 0 Å². The number of nitrogens with zero attached hydrogens (tertiary/aromatic N) is 3. The van der Waals surface area contributed by atoms with E-state index in [4.69, 9.17) is 0 Å². The SMILES string of the molecule is CN=C(NCC1CCN(C2CC2)C1)N(C)Cc1ccccc1C.I. The molecular formula is C19H31IN4. The summed E-state index contributed by atoms with van der Waals surface area (Å²) in [5.74, 6) is 1.76. The van der Waals surface area contributed by atoms with E-state index >= 15 is 0 Å². The minimum Gasteiger partial charge on any atom is -0.356 e. The molecule has 2 aliphatic rings. The lowest BCUT2D eigenvalue weighted by atomic mass is 10.1. The Kier molecular flexibility index (Phi) is 7.34. The summed E-state index contributed by atoms with van der Waals surface area (Å²) in [5, 5.41) is 3.58. The summed E-state index contributed by atoms with van der Waals surface area (Å²) in [4.78, 5) is 9.35. The van der Waals surface area contributed by atoms with Crippen LogP contribution in [0.5, 0.6) is 0 Å². The van der Waals surface area contributed by atoms with Crippen LogP contribution in [0.4, 0.5) is 0 Å². The molecule has 4 nitrogen and oxygen atoms in total. The smallest absolute Gasteiger partial charge is 0.193 e. The Morgan fingerprint density at radius 3 is 2.71 bits per heavy atom. The van der Waals surface area contributed by atoms with Gasteiger partial charge >= 0.3 is 0 Å². The van der Waals surface area contributed by atoms with Gasteiger partial charge in [-0.1, -0.05) is 24.3 Å². The van der Waals surface area contributed by atoms with Crippen LogP contribution in [0.25, 0.3) is 0 Å². The molecule has 1 N–H and O–H groups in total. The number of benzene rings is 1. The van der Waals surface area contributed by atoms with Gasteiger partial charge in [0.05, 0.1) is 0 Å². The molecule has 1 unspecified atom stereocenters. The van der Waals surface area contributed by atoms with E-state index in [9.17, 15) is 0 Å². The molecule has 0 amide bonds. The fourth-order valence-corrected chi connectivity index (χ4v) is 3.54. The van der Waals surface area contributed by atoms with Gasteiger partial charge < -0.3 is 15.1 Å². The predicted octanol–water partition coefficient (Wildman–Crippen LogP) is 3.10. The predicted molar refractivity (Wildman–Crippen MR) is 112 cm³/mol. The summed E-state index contributed by atoms with van der Waals surface area (Å²) in [6.45, 7) is 6.65. The average Bonchev–Trinajstić information content (AvgIpc) is 3.29. The first kappa shape index (κ1) is 19.5. The van der Waals surface area contributed by atoms with Gasteiger partial charge in [0, 0.05) is 39.8 Å². The summed E-state index contributed by atoms with van der Waals surface area (Å²) < 4.78 is 0. The third-order valence-corrected chi connectivity index (χ3v) is 5.17. The van der Waals surface area contributed by atoms with Crippen molar-refractivity contribution in [2.24, 2.45) is 10.9 Å². The first-order valence-corrected chi connectivity index (χ1v) is 8.87. The molecule has 1 atom stereocenters. The highest BCUT2D eigenvalue weighted by atomic mass is 127. The lowest BCUT2D eigenvalue weighted by molar-refractivity contribution is 0.313. The summed E-state index contributed by atoms with van der Waals surface area (Å²) in [7, 11) is 3.99. The number of aryl methyl sites for hydroxylation is 1. The first-order chi connectivity index (χ1) is 11.2.